The Bertz CT molecular complexity index is 310. The maximum Gasteiger partial charge on any atom is 0.307 e. The van der Waals surface area contributed by atoms with Crippen LogP contribution in [-0.4, -0.2) is 33.4 Å². The summed E-state index contributed by atoms with van der Waals surface area (Å²) < 4.78 is 0. The van der Waals surface area contributed by atoms with Gasteiger partial charge in [0, 0.05) is 0 Å². The average Bonchev–Trinajstić information content (AvgIpc) is 2.18. The predicted octanol–water partition coefficient (Wildman–Crippen LogP) is -0.295. The molecule has 0 spiro atoms. The van der Waals surface area contributed by atoms with Gasteiger partial charge in [0.05, 0.1) is 0 Å². The van der Waals surface area contributed by atoms with Crippen molar-refractivity contribution in [3.05, 3.63) is 30.3 Å². The van der Waals surface area contributed by atoms with Gasteiger partial charge in [-0.1, -0.05) is 18.2 Å². The summed E-state index contributed by atoms with van der Waals surface area (Å²) in [4.78, 5) is 30.1. The lowest BCUT2D eigenvalue weighted by atomic mass is 10.4. The Labute approximate surface area is 82.3 Å². The van der Waals surface area contributed by atoms with Gasteiger partial charge in [-0.3, -0.25) is 4.79 Å². The van der Waals surface area contributed by atoms with E-state index in [1.165, 1.54) is 0 Å². The molecule has 0 heterocycles. The van der Waals surface area contributed by atoms with E-state index in [4.69, 9.17) is 5.11 Å². The lowest BCUT2D eigenvalue weighted by Crippen LogP contribution is -2.20. The van der Waals surface area contributed by atoms with E-state index in [1.807, 2.05) is 0 Å². The third-order valence-electron chi connectivity index (χ3n) is 1.74. The fourth-order valence-corrected chi connectivity index (χ4v) is 2.48. The molecule has 1 aromatic rings. The summed E-state index contributed by atoms with van der Waals surface area (Å²) in [7, 11) is -3.38. The van der Waals surface area contributed by atoms with Crippen molar-refractivity contribution in [1.82, 2.24) is 0 Å². The first-order chi connectivity index (χ1) is 6.56. The molecular weight excluding hydrogens is 203 g/mol. The van der Waals surface area contributed by atoms with Gasteiger partial charge in [0.15, 0.2) is 11.5 Å². The molecule has 0 unspecified atom stereocenters. The summed E-state index contributed by atoms with van der Waals surface area (Å²) in [6.45, 7) is -0.657. The van der Waals surface area contributed by atoms with E-state index in [-0.39, 0.29) is 0 Å². The molecule has 1 rings (SSSR count). The van der Waals surface area contributed by atoms with E-state index in [2.05, 4.69) is 0 Å². The topological polar surface area (TPSA) is 77.8 Å². The lowest BCUT2D eigenvalue weighted by molar-refractivity contribution is -0.119. The molecule has 76 valence electrons. The third kappa shape index (κ3) is 2.86. The number of Topliss-reactive ketones (excluding diaryl/α,β-unsaturated/α-hetero) is 1. The second-order valence-corrected chi connectivity index (χ2v) is 5.21. The van der Waals surface area contributed by atoms with Crippen LogP contribution in [0.15, 0.2) is 30.3 Å². The van der Waals surface area contributed by atoms with E-state index >= 15 is 0 Å². The Morgan fingerprint density at radius 3 is 2.29 bits per heavy atom. The molecule has 0 aliphatic heterocycles. The molecule has 0 atom stereocenters. The Morgan fingerprint density at radius 2 is 1.79 bits per heavy atom. The first kappa shape index (κ1) is 11.3. The van der Waals surface area contributed by atoms with Crippen LogP contribution >= 0.6 is 7.72 Å². The van der Waals surface area contributed by atoms with Gasteiger partial charge in [-0.25, -0.2) is 9.79 Å². The summed E-state index contributed by atoms with van der Waals surface area (Å²) >= 11 is 0. The quantitative estimate of drug-likeness (QED) is 0.603. The standard InChI is InChI=1S/C9H12O4P/c10-6-8(11)7-14(12,13)9-4-2-1-3-5-9/h1-5,10,12-13H,6-7H2/q+1. The molecule has 0 aliphatic rings. The molecule has 0 saturated heterocycles. The number of aliphatic hydroxyl groups excluding tert-OH is 1. The number of aliphatic hydroxyl groups is 1. The van der Waals surface area contributed by atoms with Crippen LogP contribution in [-0.2, 0) is 4.79 Å². The van der Waals surface area contributed by atoms with Gasteiger partial charge in [0.1, 0.15) is 6.61 Å². The highest BCUT2D eigenvalue weighted by atomic mass is 31.2. The van der Waals surface area contributed by atoms with E-state index < -0.39 is 26.3 Å². The molecule has 0 saturated carbocycles. The Kier molecular flexibility index (Phi) is 3.72. The third-order valence-corrected chi connectivity index (χ3v) is 3.66. The van der Waals surface area contributed by atoms with Crippen molar-refractivity contribution in [2.75, 3.05) is 12.8 Å². The number of hydrogen-bond acceptors (Lipinski definition) is 4. The van der Waals surface area contributed by atoms with Crippen molar-refractivity contribution in [3.8, 4) is 0 Å². The summed E-state index contributed by atoms with van der Waals surface area (Å²) in [5.74, 6) is -0.563. The molecular formula is C9H12O4P+. The molecule has 0 aromatic heterocycles. The maximum absolute atomic E-state index is 10.9. The second kappa shape index (κ2) is 4.62. The van der Waals surface area contributed by atoms with Crippen LogP contribution < -0.4 is 5.30 Å². The van der Waals surface area contributed by atoms with Gasteiger partial charge in [0.2, 0.25) is 5.78 Å². The van der Waals surface area contributed by atoms with Crippen molar-refractivity contribution in [2.24, 2.45) is 0 Å². The fraction of sp³-hybridized carbons (Fsp3) is 0.222. The van der Waals surface area contributed by atoms with Crippen molar-refractivity contribution in [1.29, 1.82) is 0 Å². The van der Waals surface area contributed by atoms with Crippen LogP contribution in [0.3, 0.4) is 0 Å². The van der Waals surface area contributed by atoms with Gasteiger partial charge in [-0.15, -0.1) is 0 Å². The van der Waals surface area contributed by atoms with Crippen LogP contribution in [0, 0.1) is 0 Å². The summed E-state index contributed by atoms with van der Waals surface area (Å²) in [6.07, 6.45) is -0.395. The van der Waals surface area contributed by atoms with E-state index in [9.17, 15) is 14.6 Å². The van der Waals surface area contributed by atoms with Crippen LogP contribution in [0.1, 0.15) is 0 Å². The van der Waals surface area contributed by atoms with Crippen LogP contribution in [0.5, 0.6) is 0 Å². The highest BCUT2D eigenvalue weighted by molar-refractivity contribution is 7.73. The summed E-state index contributed by atoms with van der Waals surface area (Å²) in [6, 6.07) is 8.19. The normalized spacial score (nSPS) is 11.4. The zero-order chi connectivity index (χ0) is 10.6. The molecule has 0 aliphatic carbocycles. The maximum atomic E-state index is 10.9. The highest BCUT2D eigenvalue weighted by Gasteiger charge is 2.38. The number of carbonyl (C=O) groups excluding carboxylic acids is 1. The zero-order valence-electron chi connectivity index (χ0n) is 7.50. The number of carbonyl (C=O) groups is 1. The molecule has 5 heteroatoms. The average molecular weight is 215 g/mol. The molecule has 14 heavy (non-hydrogen) atoms. The first-order valence-corrected chi connectivity index (χ1v) is 5.96. The Hall–Kier alpha value is -0.800. The lowest BCUT2D eigenvalue weighted by Gasteiger charge is -2.10. The molecule has 0 bridgehead atoms. The van der Waals surface area contributed by atoms with Gasteiger partial charge in [-0.2, -0.15) is 0 Å². The van der Waals surface area contributed by atoms with Crippen molar-refractivity contribution >= 4 is 18.8 Å². The van der Waals surface area contributed by atoms with E-state index in [0.717, 1.165) is 0 Å². The minimum Gasteiger partial charge on any atom is -0.388 e. The second-order valence-electron chi connectivity index (χ2n) is 2.92. The van der Waals surface area contributed by atoms with Crippen LogP contribution in [0.4, 0.5) is 0 Å². The molecule has 1 aromatic carbocycles. The predicted molar refractivity (Wildman–Crippen MR) is 54.4 cm³/mol. The minimum absolute atomic E-state index is 0.349. The smallest absolute Gasteiger partial charge is 0.307 e. The highest BCUT2D eigenvalue weighted by Crippen LogP contribution is 2.47. The molecule has 4 nitrogen and oxygen atoms in total. The SMILES string of the molecule is O=C(CO)C[P+](O)(O)c1ccccc1. The van der Waals surface area contributed by atoms with Gasteiger partial charge in [-0.05, 0) is 12.1 Å². The fourth-order valence-electron chi connectivity index (χ4n) is 1.05. The van der Waals surface area contributed by atoms with Gasteiger partial charge in [0.25, 0.3) is 0 Å². The van der Waals surface area contributed by atoms with Crippen LogP contribution in [0.25, 0.3) is 0 Å². The Morgan fingerprint density at radius 1 is 1.21 bits per heavy atom. The molecule has 0 fully saturated rings. The minimum atomic E-state index is -3.38. The number of benzene rings is 1. The number of hydrogen-bond donors (Lipinski definition) is 3. The number of ketones is 1. The summed E-state index contributed by atoms with van der Waals surface area (Å²) in [5, 5.41) is 8.84. The first-order valence-electron chi connectivity index (χ1n) is 4.08. The largest absolute Gasteiger partial charge is 0.388 e. The van der Waals surface area contributed by atoms with E-state index in [1.54, 1.807) is 30.3 Å². The van der Waals surface area contributed by atoms with E-state index in [0.29, 0.717) is 5.30 Å². The zero-order valence-corrected chi connectivity index (χ0v) is 8.39. The van der Waals surface area contributed by atoms with Crippen molar-refractivity contribution in [3.63, 3.8) is 0 Å². The summed E-state index contributed by atoms with van der Waals surface area (Å²) in [5.41, 5.74) is 0. The van der Waals surface area contributed by atoms with Crippen molar-refractivity contribution < 1.29 is 19.7 Å². The van der Waals surface area contributed by atoms with Crippen LogP contribution in [0.2, 0.25) is 0 Å². The van der Waals surface area contributed by atoms with Gasteiger partial charge < -0.3 is 5.11 Å². The number of rotatable bonds is 4. The Balaban J connectivity index is 2.80. The molecule has 3 N–H and O–H groups in total. The van der Waals surface area contributed by atoms with Crippen molar-refractivity contribution in [2.45, 2.75) is 0 Å². The monoisotopic (exact) mass is 215 g/mol. The molecule has 0 radical (unpaired) electrons. The molecule has 0 amide bonds. The van der Waals surface area contributed by atoms with Gasteiger partial charge >= 0.3 is 7.72 Å².